The van der Waals surface area contributed by atoms with Crippen molar-refractivity contribution in [3.05, 3.63) is 159 Å². The van der Waals surface area contributed by atoms with Gasteiger partial charge in [-0.05, 0) is 168 Å². The molecular weight excluding hydrogens is 1080 g/mol. The summed E-state index contributed by atoms with van der Waals surface area (Å²) in [5, 5.41) is 1.63. The average molecular weight is 1150 g/mol. The maximum Gasteiger partial charge on any atom is 0.453 e. The van der Waals surface area contributed by atoms with Gasteiger partial charge in [0.05, 0.1) is 60.3 Å². The van der Waals surface area contributed by atoms with Crippen molar-refractivity contribution < 1.29 is 68.1 Å². The van der Waals surface area contributed by atoms with Gasteiger partial charge in [-0.2, -0.15) is 0 Å². The summed E-state index contributed by atoms with van der Waals surface area (Å²) in [4.78, 5) is 0. The predicted molar refractivity (Wildman–Crippen MR) is 313 cm³/mol. The van der Waals surface area contributed by atoms with Gasteiger partial charge in [-0.15, -0.1) is 0 Å². The van der Waals surface area contributed by atoms with Crippen molar-refractivity contribution in [3.8, 4) is 62.9 Å². The summed E-state index contributed by atoms with van der Waals surface area (Å²) < 4.78 is 90.6. The number of methoxy groups -OCH3 is 4. The van der Waals surface area contributed by atoms with Crippen LogP contribution in [0.3, 0.4) is 0 Å². The molecule has 0 saturated carbocycles. The average Bonchev–Trinajstić information content (AvgIpc) is 3.71. The number of hydrogen-bond donors (Lipinski definition) is 0. The molecule has 79 heavy (non-hydrogen) atoms. The normalized spacial score (nSPS) is 17.0. The third kappa shape index (κ3) is 13.5. The molecule has 2 aliphatic heterocycles. The van der Waals surface area contributed by atoms with Gasteiger partial charge in [-0.1, -0.05) is 53.6 Å². The Hall–Kier alpha value is -6.23. The number of aryl methyl sites for hydroxylation is 9. The summed E-state index contributed by atoms with van der Waals surface area (Å²) in [6.07, 6.45) is 0. The van der Waals surface area contributed by atoms with Crippen molar-refractivity contribution >= 4 is 56.4 Å². The number of para-hydroxylation sites is 1. The van der Waals surface area contributed by atoms with Crippen molar-refractivity contribution in [2.75, 3.05) is 54.9 Å². The highest BCUT2D eigenvalue weighted by Crippen LogP contribution is 2.54. The molecule has 19 heteroatoms. The van der Waals surface area contributed by atoms with E-state index in [4.69, 9.17) is 68.1 Å². The number of ether oxygens (including phenoxy) is 4. The first-order chi connectivity index (χ1) is 38.1. The fourth-order valence-corrected chi connectivity index (χ4v) is 13.6. The number of hydrogen-bond acceptors (Lipinski definition) is 15. The van der Waals surface area contributed by atoms with Crippen molar-refractivity contribution in [3.63, 3.8) is 0 Å². The van der Waals surface area contributed by atoms with Crippen LogP contribution in [0.2, 0.25) is 0 Å². The summed E-state index contributed by atoms with van der Waals surface area (Å²) >= 11 is 0. The minimum absolute atomic E-state index is 0.310. The van der Waals surface area contributed by atoms with Gasteiger partial charge in [-0.25, -0.2) is 0 Å². The van der Waals surface area contributed by atoms with Crippen LogP contribution >= 0.6 is 34.5 Å². The highest BCUT2D eigenvalue weighted by atomic mass is 31.2. The summed E-state index contributed by atoms with van der Waals surface area (Å²) in [5.74, 6) is 6.20. The molecule has 3 heterocycles. The van der Waals surface area contributed by atoms with Gasteiger partial charge in [0.15, 0.2) is 0 Å². The summed E-state index contributed by atoms with van der Waals surface area (Å²) in [7, 11) is 1.37. The molecule has 0 N–H and O–H groups in total. The molecule has 1 spiro atoms. The maximum atomic E-state index is 6.82. The van der Waals surface area contributed by atoms with E-state index in [-0.39, 0.29) is 14.4 Å². The highest BCUT2D eigenvalue weighted by Gasteiger charge is 2.45. The van der Waals surface area contributed by atoms with Crippen LogP contribution in [0.5, 0.6) is 51.7 Å². The second-order valence-corrected chi connectivity index (χ2v) is 23.5. The van der Waals surface area contributed by atoms with Gasteiger partial charge in [0.2, 0.25) is 0 Å². The number of benzene rings is 7. The molecule has 2 saturated heterocycles. The van der Waals surface area contributed by atoms with Crippen LogP contribution < -0.4 is 41.6 Å². The third-order valence-electron chi connectivity index (χ3n) is 13.3. The second kappa shape index (κ2) is 25.5. The standard InChI is InChI=1S/C39H40O9P2.C21H26O6P2/c1-22-12-10-11-13-35(22)44-49-45-36-23(2)14-27(40-6)18-31(36)32-19-28(41-7)15-24(3)37(32)46-50-47-38-25(4)16-29(42-8)20-33(38)34-21-30(43-9)17-26(5)39(34)48-50;1-15-5-7-19(17(3)9-15)26-28-22-11-21(12-23-28)13-24-29(25-14-21)27-20-8-6-16(2)10-18(20)4/h10-21,49H,1-9H3;5-10H,11-14H2,1-4H3. The van der Waals surface area contributed by atoms with E-state index in [1.54, 1.807) is 28.4 Å². The van der Waals surface area contributed by atoms with Crippen LogP contribution in [-0.2, 0) is 18.1 Å². The van der Waals surface area contributed by atoms with Crippen LogP contribution in [0, 0.1) is 67.7 Å². The molecule has 8 aromatic rings. The Labute approximate surface area is 467 Å². The van der Waals surface area contributed by atoms with Crippen LogP contribution in [-0.4, -0.2) is 54.9 Å². The lowest BCUT2D eigenvalue weighted by Crippen LogP contribution is -2.45. The van der Waals surface area contributed by atoms with E-state index in [1.807, 2.05) is 146 Å². The summed E-state index contributed by atoms with van der Waals surface area (Å²) in [6.45, 7) is 19.9. The summed E-state index contributed by atoms with van der Waals surface area (Å²) in [5.41, 5.74) is 11.3. The maximum absolute atomic E-state index is 6.82. The van der Waals surface area contributed by atoms with E-state index in [0.717, 1.165) is 72.5 Å². The van der Waals surface area contributed by atoms with Gasteiger partial charge >= 0.3 is 25.4 Å². The minimum atomic E-state index is -2.04. The Morgan fingerprint density at radius 1 is 0.405 bits per heavy atom. The minimum Gasteiger partial charge on any atom is -0.497 e. The Morgan fingerprint density at radius 2 is 0.835 bits per heavy atom. The predicted octanol–water partition coefficient (Wildman–Crippen LogP) is 17.3. The monoisotopic (exact) mass is 1150 g/mol. The van der Waals surface area contributed by atoms with Gasteiger partial charge in [0.1, 0.15) is 62.9 Å². The van der Waals surface area contributed by atoms with E-state index < -0.39 is 25.4 Å². The molecule has 0 amide bonds. The molecule has 10 rings (SSSR count). The van der Waals surface area contributed by atoms with Crippen molar-refractivity contribution in [1.82, 2.24) is 0 Å². The highest BCUT2D eigenvalue weighted by molar-refractivity contribution is 7.42. The molecule has 1 unspecified atom stereocenters. The van der Waals surface area contributed by atoms with Crippen LogP contribution in [0.15, 0.2) is 118 Å². The Bertz CT molecular complexity index is 3370. The van der Waals surface area contributed by atoms with Crippen molar-refractivity contribution in [2.45, 2.75) is 62.3 Å². The molecular formula is C60H66O15P4. The third-order valence-corrected chi connectivity index (χ3v) is 17.0. The molecule has 2 fully saturated rings. The fourth-order valence-electron chi connectivity index (χ4n) is 8.94. The molecule has 0 bridgehead atoms. The lowest BCUT2D eigenvalue weighted by atomic mass is 9.93. The topological polar surface area (TPSA) is 146 Å². The summed E-state index contributed by atoms with van der Waals surface area (Å²) in [6, 6.07) is 35.3. The van der Waals surface area contributed by atoms with Gasteiger partial charge in [0, 0.05) is 21.9 Å². The van der Waals surface area contributed by atoms with Crippen molar-refractivity contribution in [1.29, 1.82) is 0 Å². The molecule has 416 valence electrons. The molecule has 1 atom stereocenters. The Morgan fingerprint density at radius 3 is 1.29 bits per heavy atom. The van der Waals surface area contributed by atoms with E-state index in [1.165, 1.54) is 11.1 Å². The first-order valence-corrected chi connectivity index (χ1v) is 29.5. The first kappa shape index (κ1) is 57.5. The lowest BCUT2D eigenvalue weighted by Gasteiger charge is -2.41. The first-order valence-electron chi connectivity index (χ1n) is 25.4. The van der Waals surface area contributed by atoms with Gasteiger partial charge in [-0.3, -0.25) is 0 Å². The molecule has 0 aliphatic carbocycles. The van der Waals surface area contributed by atoms with Crippen LogP contribution in [0.25, 0.3) is 33.1 Å². The number of rotatable bonds is 15. The fraction of sp³-hybridized carbons (Fsp3) is 0.300. The molecule has 0 radical (unpaired) electrons. The zero-order valence-corrected chi connectivity index (χ0v) is 50.4. The largest absolute Gasteiger partial charge is 0.497 e. The van der Waals surface area contributed by atoms with Gasteiger partial charge in [0.25, 0.3) is 9.03 Å². The van der Waals surface area contributed by atoms with Crippen molar-refractivity contribution in [2.24, 2.45) is 5.41 Å². The Kier molecular flexibility index (Phi) is 18.5. The van der Waals surface area contributed by atoms with E-state index in [2.05, 4.69) is 26.0 Å². The smallest absolute Gasteiger partial charge is 0.453 e. The molecule has 2 aliphatic rings. The van der Waals surface area contributed by atoms with E-state index in [0.29, 0.717) is 77.7 Å². The zero-order chi connectivity index (χ0) is 56.0. The molecule has 1 aromatic heterocycles. The molecule has 15 nitrogen and oxygen atoms in total. The Balaban J connectivity index is 0.000000221. The quantitative estimate of drug-likeness (QED) is 0.0896. The van der Waals surface area contributed by atoms with Gasteiger partial charge < -0.3 is 68.1 Å². The number of fused-ring (bicyclic) bond motifs is 3. The van der Waals surface area contributed by atoms with E-state index in [9.17, 15) is 0 Å². The second-order valence-electron chi connectivity index (χ2n) is 19.6. The lowest BCUT2D eigenvalue weighted by molar-refractivity contribution is -0.0673. The SMILES string of the molecule is COc1cc(C)c(OPOc2ccccc2C)c(-c2cc(OC)cc(C)c2Op2oc3c(C)cc(OC)cc3c3cc(OC)cc(C)c3o2)c1.Cc1ccc(OP2OCC3(CO2)COP(Oc2ccc(C)cc2C)OC3)c(C)c1. The zero-order valence-electron chi connectivity index (χ0n) is 46.7. The van der Waals surface area contributed by atoms with Crippen LogP contribution in [0.4, 0.5) is 0 Å². The van der Waals surface area contributed by atoms with E-state index >= 15 is 0 Å². The molecule has 7 aromatic carbocycles. The van der Waals surface area contributed by atoms with Crippen LogP contribution in [0.1, 0.15) is 50.1 Å².